The Morgan fingerprint density at radius 1 is 1.08 bits per heavy atom. The fourth-order valence-corrected chi connectivity index (χ4v) is 2.54. The molecule has 1 amide bonds. The Hall–Kier alpha value is -3.36. The number of nitrogens with zero attached hydrogens (tertiary/aromatic N) is 2. The number of nitrogens with one attached hydrogen (secondary N) is 2. The molecular formula is C20H15ClN4O. The highest BCUT2D eigenvalue weighted by Gasteiger charge is 2.09. The summed E-state index contributed by atoms with van der Waals surface area (Å²) in [5.41, 5.74) is 3.28. The molecule has 6 heteroatoms. The van der Waals surface area contributed by atoms with Crippen molar-refractivity contribution in [2.24, 2.45) is 0 Å². The summed E-state index contributed by atoms with van der Waals surface area (Å²) in [7, 11) is 0. The van der Waals surface area contributed by atoms with E-state index in [1.54, 1.807) is 48.7 Å². The molecule has 0 unspecified atom stereocenters. The van der Waals surface area contributed by atoms with Crippen LogP contribution in [-0.4, -0.2) is 10.9 Å². The fraction of sp³-hybridized carbons (Fsp3) is 0.0500. The summed E-state index contributed by atoms with van der Waals surface area (Å²) in [5.74, 6) is -0.284. The Morgan fingerprint density at radius 2 is 1.85 bits per heavy atom. The lowest BCUT2D eigenvalue weighted by Gasteiger charge is -2.09. The molecule has 0 bridgehead atoms. The fourth-order valence-electron chi connectivity index (χ4n) is 2.34. The van der Waals surface area contributed by atoms with Gasteiger partial charge in [-0.3, -0.25) is 9.78 Å². The number of pyridine rings is 1. The number of rotatable bonds is 5. The summed E-state index contributed by atoms with van der Waals surface area (Å²) in [6.07, 6.45) is 1.57. The van der Waals surface area contributed by atoms with Gasteiger partial charge in [0.2, 0.25) is 0 Å². The molecular weight excluding hydrogens is 348 g/mol. The van der Waals surface area contributed by atoms with Crippen molar-refractivity contribution < 1.29 is 4.79 Å². The number of benzene rings is 2. The van der Waals surface area contributed by atoms with Crippen molar-refractivity contribution in [1.29, 1.82) is 5.26 Å². The predicted molar refractivity (Wildman–Crippen MR) is 101 cm³/mol. The molecule has 0 atom stereocenters. The number of halogens is 1. The number of aromatic nitrogens is 1. The molecule has 2 N–H and O–H groups in total. The van der Waals surface area contributed by atoms with E-state index in [1.807, 2.05) is 18.2 Å². The highest BCUT2D eigenvalue weighted by atomic mass is 35.5. The normalized spacial score (nSPS) is 10.0. The molecule has 0 aliphatic rings. The van der Waals surface area contributed by atoms with Crippen LogP contribution >= 0.6 is 11.6 Å². The monoisotopic (exact) mass is 362 g/mol. The van der Waals surface area contributed by atoms with Crippen molar-refractivity contribution in [1.82, 2.24) is 10.3 Å². The third-order valence-corrected chi connectivity index (χ3v) is 4.06. The largest absolute Gasteiger partial charge is 0.355 e. The molecule has 2 aromatic carbocycles. The number of hydrogen-bond acceptors (Lipinski definition) is 4. The highest BCUT2D eigenvalue weighted by Crippen LogP contribution is 2.18. The van der Waals surface area contributed by atoms with Gasteiger partial charge in [0.15, 0.2) is 0 Å². The second kappa shape index (κ2) is 8.15. The number of nitriles is 1. The van der Waals surface area contributed by atoms with E-state index >= 15 is 0 Å². The maximum Gasteiger partial charge on any atom is 0.270 e. The van der Waals surface area contributed by atoms with Crippen LogP contribution in [-0.2, 0) is 6.54 Å². The van der Waals surface area contributed by atoms with Gasteiger partial charge in [-0.25, -0.2) is 0 Å². The van der Waals surface area contributed by atoms with Gasteiger partial charge in [-0.1, -0.05) is 29.8 Å². The van der Waals surface area contributed by atoms with E-state index in [0.29, 0.717) is 22.8 Å². The Morgan fingerprint density at radius 3 is 2.58 bits per heavy atom. The van der Waals surface area contributed by atoms with Gasteiger partial charge in [-0.05, 0) is 48.0 Å². The minimum Gasteiger partial charge on any atom is -0.355 e. The maximum atomic E-state index is 12.3. The van der Waals surface area contributed by atoms with Crippen LogP contribution in [0.2, 0.25) is 5.02 Å². The molecule has 5 nitrogen and oxygen atoms in total. The molecule has 3 rings (SSSR count). The Balaban J connectivity index is 1.67. The van der Waals surface area contributed by atoms with E-state index in [2.05, 4.69) is 21.7 Å². The summed E-state index contributed by atoms with van der Waals surface area (Å²) < 4.78 is 0. The molecule has 0 radical (unpaired) electrons. The topological polar surface area (TPSA) is 77.8 Å². The van der Waals surface area contributed by atoms with Gasteiger partial charge in [-0.15, -0.1) is 0 Å². The molecule has 1 aromatic heterocycles. The second-order valence-electron chi connectivity index (χ2n) is 5.52. The molecule has 0 fully saturated rings. The van der Waals surface area contributed by atoms with Gasteiger partial charge in [0.25, 0.3) is 5.91 Å². The quantitative estimate of drug-likeness (QED) is 0.710. The van der Waals surface area contributed by atoms with Gasteiger partial charge in [-0.2, -0.15) is 5.26 Å². The lowest BCUT2D eigenvalue weighted by Crippen LogP contribution is -2.24. The molecule has 0 aliphatic heterocycles. The molecule has 128 valence electrons. The van der Waals surface area contributed by atoms with Crippen LogP contribution in [0.25, 0.3) is 0 Å². The lowest BCUT2D eigenvalue weighted by atomic mass is 10.2. The van der Waals surface area contributed by atoms with Crippen LogP contribution in [0.1, 0.15) is 21.6 Å². The van der Waals surface area contributed by atoms with Crippen LogP contribution in [0, 0.1) is 11.3 Å². The van der Waals surface area contributed by atoms with E-state index in [9.17, 15) is 4.79 Å². The first kappa shape index (κ1) is 17.5. The van der Waals surface area contributed by atoms with Crippen LogP contribution in [0.15, 0.2) is 66.9 Å². The van der Waals surface area contributed by atoms with Gasteiger partial charge in [0.1, 0.15) is 5.69 Å². The smallest absolute Gasteiger partial charge is 0.270 e. The minimum atomic E-state index is -0.284. The van der Waals surface area contributed by atoms with Crippen molar-refractivity contribution in [3.05, 3.63) is 88.7 Å². The van der Waals surface area contributed by atoms with E-state index < -0.39 is 0 Å². The van der Waals surface area contributed by atoms with Gasteiger partial charge in [0, 0.05) is 29.1 Å². The standard InChI is InChI=1S/C20H15ClN4O/c21-18-4-2-1-3-15(18)13-24-20(26)19-11-17(9-10-23-19)25-16-7-5-14(12-22)6-8-16/h1-11H,13H2,(H,23,25)(H,24,26). The molecule has 1 heterocycles. The molecule has 3 aromatic rings. The molecule has 26 heavy (non-hydrogen) atoms. The van der Waals surface area contributed by atoms with Crippen molar-refractivity contribution in [3.8, 4) is 6.07 Å². The molecule has 0 spiro atoms. The van der Waals surface area contributed by atoms with Crippen molar-refractivity contribution in [3.63, 3.8) is 0 Å². The van der Waals surface area contributed by atoms with Crippen LogP contribution in [0.3, 0.4) is 0 Å². The highest BCUT2D eigenvalue weighted by molar-refractivity contribution is 6.31. The summed E-state index contributed by atoms with van der Waals surface area (Å²) in [5, 5.41) is 15.4. The third-order valence-electron chi connectivity index (χ3n) is 3.69. The maximum absolute atomic E-state index is 12.3. The third kappa shape index (κ3) is 4.38. The van der Waals surface area contributed by atoms with Crippen molar-refractivity contribution in [2.45, 2.75) is 6.54 Å². The van der Waals surface area contributed by atoms with Crippen LogP contribution < -0.4 is 10.6 Å². The zero-order valence-corrected chi connectivity index (χ0v) is 14.5. The van der Waals surface area contributed by atoms with E-state index in [-0.39, 0.29) is 5.91 Å². The van der Waals surface area contributed by atoms with Gasteiger partial charge >= 0.3 is 0 Å². The van der Waals surface area contributed by atoms with Crippen LogP contribution in [0.4, 0.5) is 11.4 Å². The summed E-state index contributed by atoms with van der Waals surface area (Å²) >= 11 is 6.09. The summed E-state index contributed by atoms with van der Waals surface area (Å²) in [4.78, 5) is 16.5. The number of anilines is 2. The Bertz CT molecular complexity index is 964. The van der Waals surface area contributed by atoms with E-state index in [1.165, 1.54) is 0 Å². The van der Waals surface area contributed by atoms with E-state index in [4.69, 9.17) is 16.9 Å². The first-order valence-corrected chi connectivity index (χ1v) is 8.28. The second-order valence-corrected chi connectivity index (χ2v) is 5.93. The first-order valence-electron chi connectivity index (χ1n) is 7.90. The number of hydrogen-bond donors (Lipinski definition) is 2. The zero-order chi connectivity index (χ0) is 18.4. The predicted octanol–water partition coefficient (Wildman–Crippen LogP) is 4.28. The molecule has 0 saturated heterocycles. The van der Waals surface area contributed by atoms with Crippen LogP contribution in [0.5, 0.6) is 0 Å². The first-order chi connectivity index (χ1) is 12.7. The lowest BCUT2D eigenvalue weighted by molar-refractivity contribution is 0.0946. The Labute approximate surface area is 156 Å². The zero-order valence-electron chi connectivity index (χ0n) is 13.7. The average molecular weight is 363 g/mol. The minimum absolute atomic E-state index is 0.284. The number of carbonyl (C=O) groups is 1. The van der Waals surface area contributed by atoms with Gasteiger partial charge in [0.05, 0.1) is 11.6 Å². The summed E-state index contributed by atoms with van der Waals surface area (Å²) in [6.45, 7) is 0.327. The number of carbonyl (C=O) groups excluding carboxylic acids is 1. The van der Waals surface area contributed by atoms with Crippen molar-refractivity contribution in [2.75, 3.05) is 5.32 Å². The molecule has 0 aliphatic carbocycles. The average Bonchev–Trinajstić information content (AvgIpc) is 2.68. The Kier molecular flexibility index (Phi) is 5.47. The SMILES string of the molecule is N#Cc1ccc(Nc2ccnc(C(=O)NCc3ccccc3Cl)c2)cc1. The van der Waals surface area contributed by atoms with Crippen molar-refractivity contribution >= 4 is 28.9 Å². The number of amides is 1. The van der Waals surface area contributed by atoms with E-state index in [0.717, 1.165) is 16.9 Å². The van der Waals surface area contributed by atoms with Gasteiger partial charge < -0.3 is 10.6 Å². The summed E-state index contributed by atoms with van der Waals surface area (Å²) in [6, 6.07) is 19.9. The molecule has 0 saturated carbocycles.